The SMILES string of the molecule is CCc1ccc(C)c(C(O)c2ccc(-c3ccc(F)cc3)s2)c1. The summed E-state index contributed by atoms with van der Waals surface area (Å²) in [5, 5.41) is 10.7. The lowest BCUT2D eigenvalue weighted by molar-refractivity contribution is 0.223. The van der Waals surface area contributed by atoms with E-state index in [9.17, 15) is 9.50 Å². The molecule has 1 aromatic heterocycles. The van der Waals surface area contributed by atoms with Crippen LogP contribution in [0.4, 0.5) is 4.39 Å². The quantitative estimate of drug-likeness (QED) is 0.670. The molecule has 0 amide bonds. The molecule has 0 fully saturated rings. The van der Waals surface area contributed by atoms with Gasteiger partial charge in [0, 0.05) is 9.75 Å². The third-order valence-electron chi connectivity index (χ3n) is 4.07. The van der Waals surface area contributed by atoms with Crippen LogP contribution in [0, 0.1) is 12.7 Å². The summed E-state index contributed by atoms with van der Waals surface area (Å²) in [4.78, 5) is 1.93. The number of aliphatic hydroxyl groups excluding tert-OH is 1. The highest BCUT2D eigenvalue weighted by Crippen LogP contribution is 2.35. The molecule has 1 nitrogen and oxygen atoms in total. The van der Waals surface area contributed by atoms with E-state index < -0.39 is 6.10 Å². The highest BCUT2D eigenvalue weighted by Gasteiger charge is 2.16. The van der Waals surface area contributed by atoms with Gasteiger partial charge >= 0.3 is 0 Å². The van der Waals surface area contributed by atoms with E-state index >= 15 is 0 Å². The summed E-state index contributed by atoms with van der Waals surface area (Å²) in [6, 6.07) is 16.6. The third kappa shape index (κ3) is 3.36. The van der Waals surface area contributed by atoms with E-state index in [0.717, 1.165) is 32.9 Å². The maximum atomic E-state index is 13.0. The molecule has 1 heterocycles. The number of hydrogen-bond acceptors (Lipinski definition) is 2. The molecule has 1 unspecified atom stereocenters. The van der Waals surface area contributed by atoms with Gasteiger partial charge in [-0.1, -0.05) is 37.3 Å². The highest BCUT2D eigenvalue weighted by atomic mass is 32.1. The van der Waals surface area contributed by atoms with Crippen LogP contribution in [-0.4, -0.2) is 5.11 Å². The summed E-state index contributed by atoms with van der Waals surface area (Å²) in [5.41, 5.74) is 4.23. The Labute approximate surface area is 140 Å². The van der Waals surface area contributed by atoms with Crippen molar-refractivity contribution >= 4 is 11.3 Å². The second kappa shape index (κ2) is 6.65. The molecular weight excluding hydrogens is 307 g/mol. The lowest BCUT2D eigenvalue weighted by Gasteiger charge is -2.13. The Morgan fingerprint density at radius 2 is 1.78 bits per heavy atom. The minimum absolute atomic E-state index is 0.238. The van der Waals surface area contributed by atoms with Crippen LogP contribution in [0.5, 0.6) is 0 Å². The van der Waals surface area contributed by atoms with E-state index in [-0.39, 0.29) is 5.82 Å². The van der Waals surface area contributed by atoms with E-state index in [2.05, 4.69) is 25.1 Å². The summed E-state index contributed by atoms with van der Waals surface area (Å²) >= 11 is 1.54. The molecule has 0 aliphatic carbocycles. The van der Waals surface area contributed by atoms with Crippen molar-refractivity contribution < 1.29 is 9.50 Å². The average molecular weight is 326 g/mol. The fourth-order valence-electron chi connectivity index (χ4n) is 2.63. The molecule has 0 aliphatic heterocycles. The van der Waals surface area contributed by atoms with Gasteiger partial charge in [-0.25, -0.2) is 4.39 Å². The fraction of sp³-hybridized carbons (Fsp3) is 0.200. The Hall–Kier alpha value is -1.97. The van der Waals surface area contributed by atoms with Gasteiger partial charge in [-0.3, -0.25) is 0 Å². The molecule has 0 radical (unpaired) electrons. The van der Waals surface area contributed by atoms with E-state index in [1.165, 1.54) is 17.7 Å². The summed E-state index contributed by atoms with van der Waals surface area (Å²) in [6.45, 7) is 4.13. The van der Waals surface area contributed by atoms with Crippen LogP contribution in [0.15, 0.2) is 54.6 Å². The molecule has 0 saturated heterocycles. The monoisotopic (exact) mass is 326 g/mol. The van der Waals surface area contributed by atoms with Gasteiger partial charge < -0.3 is 5.11 Å². The van der Waals surface area contributed by atoms with Gasteiger partial charge in [-0.05, 0) is 59.9 Å². The Kier molecular flexibility index (Phi) is 4.60. The zero-order chi connectivity index (χ0) is 16.4. The molecule has 1 atom stereocenters. The van der Waals surface area contributed by atoms with Crippen LogP contribution in [0.3, 0.4) is 0 Å². The van der Waals surface area contributed by atoms with Crippen molar-refractivity contribution in [2.45, 2.75) is 26.4 Å². The van der Waals surface area contributed by atoms with E-state index in [1.54, 1.807) is 23.5 Å². The molecule has 0 aliphatic rings. The maximum absolute atomic E-state index is 13.0. The van der Waals surface area contributed by atoms with Crippen LogP contribution in [0.25, 0.3) is 10.4 Å². The third-order valence-corrected chi connectivity index (χ3v) is 5.26. The zero-order valence-corrected chi connectivity index (χ0v) is 14.0. The molecule has 0 spiro atoms. The first kappa shape index (κ1) is 15.9. The van der Waals surface area contributed by atoms with Crippen LogP contribution in [0.2, 0.25) is 0 Å². The Bertz CT molecular complexity index is 805. The van der Waals surface area contributed by atoms with Crippen LogP contribution in [0.1, 0.15) is 34.6 Å². The minimum atomic E-state index is -0.624. The molecule has 3 heteroatoms. The highest BCUT2D eigenvalue weighted by molar-refractivity contribution is 7.15. The molecule has 3 rings (SSSR count). The first-order valence-electron chi connectivity index (χ1n) is 7.71. The van der Waals surface area contributed by atoms with Crippen molar-refractivity contribution in [2.75, 3.05) is 0 Å². The lowest BCUT2D eigenvalue weighted by Crippen LogP contribution is -2.01. The minimum Gasteiger partial charge on any atom is -0.383 e. The average Bonchev–Trinajstić information content (AvgIpc) is 3.05. The first-order valence-corrected chi connectivity index (χ1v) is 8.53. The van der Waals surface area contributed by atoms with Gasteiger partial charge in [-0.2, -0.15) is 0 Å². The largest absolute Gasteiger partial charge is 0.383 e. The molecule has 0 saturated carbocycles. The Morgan fingerprint density at radius 3 is 2.48 bits per heavy atom. The second-order valence-electron chi connectivity index (χ2n) is 5.66. The van der Waals surface area contributed by atoms with Crippen molar-refractivity contribution in [3.8, 4) is 10.4 Å². The smallest absolute Gasteiger partial charge is 0.123 e. The summed E-state index contributed by atoms with van der Waals surface area (Å²) in [5.74, 6) is -0.238. The molecule has 118 valence electrons. The van der Waals surface area contributed by atoms with Gasteiger partial charge in [0.15, 0.2) is 0 Å². The number of aliphatic hydroxyl groups is 1. The maximum Gasteiger partial charge on any atom is 0.123 e. The van der Waals surface area contributed by atoms with Gasteiger partial charge in [0.25, 0.3) is 0 Å². The normalized spacial score (nSPS) is 12.3. The van der Waals surface area contributed by atoms with Gasteiger partial charge in [-0.15, -0.1) is 11.3 Å². The lowest BCUT2D eigenvalue weighted by atomic mass is 9.98. The van der Waals surface area contributed by atoms with E-state index in [4.69, 9.17) is 0 Å². The number of aryl methyl sites for hydroxylation is 2. The summed E-state index contributed by atoms with van der Waals surface area (Å²) in [7, 11) is 0. The number of halogens is 1. The summed E-state index contributed by atoms with van der Waals surface area (Å²) < 4.78 is 13.0. The van der Waals surface area contributed by atoms with E-state index in [0.29, 0.717) is 0 Å². The molecule has 1 N–H and O–H groups in total. The predicted octanol–water partition coefficient (Wildman–Crippen LogP) is 5.51. The van der Waals surface area contributed by atoms with Gasteiger partial charge in [0.1, 0.15) is 11.9 Å². The zero-order valence-electron chi connectivity index (χ0n) is 13.2. The standard InChI is InChI=1S/C20H19FOS/c1-3-14-5-4-13(2)17(12-14)20(22)19-11-10-18(23-19)15-6-8-16(21)9-7-15/h4-12,20,22H,3H2,1-2H3. The number of benzene rings is 2. The second-order valence-corrected chi connectivity index (χ2v) is 6.77. The molecule has 2 aromatic carbocycles. The molecule has 0 bridgehead atoms. The number of rotatable bonds is 4. The van der Waals surface area contributed by atoms with Crippen molar-refractivity contribution in [1.82, 2.24) is 0 Å². The van der Waals surface area contributed by atoms with Crippen LogP contribution in [-0.2, 0) is 6.42 Å². The Morgan fingerprint density at radius 1 is 1.04 bits per heavy atom. The number of hydrogen-bond donors (Lipinski definition) is 1. The Balaban J connectivity index is 1.92. The molecule has 3 aromatic rings. The number of thiophene rings is 1. The molecular formula is C20H19FOS. The van der Waals surface area contributed by atoms with Crippen molar-refractivity contribution in [1.29, 1.82) is 0 Å². The van der Waals surface area contributed by atoms with Crippen molar-refractivity contribution in [3.63, 3.8) is 0 Å². The van der Waals surface area contributed by atoms with E-state index in [1.807, 2.05) is 19.1 Å². The van der Waals surface area contributed by atoms with Gasteiger partial charge in [0.2, 0.25) is 0 Å². The topological polar surface area (TPSA) is 20.2 Å². The van der Waals surface area contributed by atoms with Crippen LogP contribution >= 0.6 is 11.3 Å². The fourth-order valence-corrected chi connectivity index (χ4v) is 3.65. The van der Waals surface area contributed by atoms with Crippen molar-refractivity contribution in [3.05, 3.63) is 82.0 Å². The van der Waals surface area contributed by atoms with Crippen LogP contribution < -0.4 is 0 Å². The summed E-state index contributed by atoms with van der Waals surface area (Å²) in [6.07, 6.45) is 0.325. The first-order chi connectivity index (χ1) is 11.1. The van der Waals surface area contributed by atoms with Gasteiger partial charge in [0.05, 0.1) is 0 Å². The van der Waals surface area contributed by atoms with Crippen molar-refractivity contribution in [2.24, 2.45) is 0 Å². The molecule has 23 heavy (non-hydrogen) atoms. The predicted molar refractivity (Wildman–Crippen MR) is 94.3 cm³/mol.